The highest BCUT2D eigenvalue weighted by atomic mass is 32.1. The van der Waals surface area contributed by atoms with Gasteiger partial charge in [0.05, 0.1) is 0 Å². The monoisotopic (exact) mass is 173 g/mol. The fraction of sp³-hybridized carbons (Fsp3) is 0.625. The fourth-order valence-electron chi connectivity index (χ4n) is 0.473. The van der Waals surface area contributed by atoms with E-state index >= 15 is 0 Å². The number of thiocarbonyl (C=S) groups is 1. The predicted octanol–water partition coefficient (Wildman–Crippen LogP) is 1.72. The molecule has 0 rings (SSSR count). The molecule has 0 saturated heterocycles. The lowest BCUT2D eigenvalue weighted by molar-refractivity contribution is 0.339. The van der Waals surface area contributed by atoms with Gasteiger partial charge in [0, 0.05) is 6.54 Å². The highest BCUT2D eigenvalue weighted by molar-refractivity contribution is 7.80. The number of hydrogen-bond donors (Lipinski definition) is 1. The summed E-state index contributed by atoms with van der Waals surface area (Å²) in [5, 5.41) is 3.44. The molecule has 0 aliphatic rings. The van der Waals surface area contributed by atoms with Crippen LogP contribution in [-0.2, 0) is 4.74 Å². The largest absolute Gasteiger partial charge is 0.467 e. The normalized spacial score (nSPS) is 9.36. The minimum Gasteiger partial charge on any atom is -0.467 e. The van der Waals surface area contributed by atoms with Crippen LogP contribution in [0.15, 0.2) is 12.7 Å². The van der Waals surface area contributed by atoms with Crippen LogP contribution in [0.3, 0.4) is 0 Å². The van der Waals surface area contributed by atoms with Crippen LogP contribution in [0.25, 0.3) is 0 Å². The lowest BCUT2D eigenvalue weighted by Gasteiger charge is -2.09. The maximum Gasteiger partial charge on any atom is 0.256 e. The van der Waals surface area contributed by atoms with Gasteiger partial charge in [0.1, 0.15) is 6.61 Å². The number of hydrogen-bond acceptors (Lipinski definition) is 2. The Morgan fingerprint density at radius 2 is 2.36 bits per heavy atom. The van der Waals surface area contributed by atoms with Crippen molar-refractivity contribution in [3.05, 3.63) is 12.7 Å². The van der Waals surface area contributed by atoms with Crippen LogP contribution in [0.4, 0.5) is 0 Å². The summed E-state index contributed by atoms with van der Waals surface area (Å²) < 4.78 is 5.04. The van der Waals surface area contributed by atoms with E-state index in [1.54, 1.807) is 6.08 Å². The molecule has 11 heavy (non-hydrogen) atoms. The fourth-order valence-corrected chi connectivity index (χ4v) is 0.624. The van der Waals surface area contributed by atoms with Crippen molar-refractivity contribution in [2.24, 2.45) is 5.92 Å². The van der Waals surface area contributed by atoms with Gasteiger partial charge in [-0.3, -0.25) is 0 Å². The Balaban J connectivity index is 3.29. The zero-order valence-corrected chi connectivity index (χ0v) is 7.91. The van der Waals surface area contributed by atoms with Crippen molar-refractivity contribution in [3.8, 4) is 0 Å². The highest BCUT2D eigenvalue weighted by Gasteiger charge is 1.96. The van der Waals surface area contributed by atoms with Crippen molar-refractivity contribution in [2.45, 2.75) is 13.8 Å². The second-order valence-corrected chi connectivity index (χ2v) is 3.03. The molecule has 0 unspecified atom stereocenters. The lowest BCUT2D eigenvalue weighted by Crippen LogP contribution is -2.27. The van der Waals surface area contributed by atoms with Gasteiger partial charge < -0.3 is 10.1 Å². The van der Waals surface area contributed by atoms with E-state index in [-0.39, 0.29) is 0 Å². The molecule has 0 saturated carbocycles. The smallest absolute Gasteiger partial charge is 0.256 e. The summed E-state index contributed by atoms with van der Waals surface area (Å²) in [5.41, 5.74) is 0. The first kappa shape index (κ1) is 10.4. The molecule has 0 aliphatic carbocycles. The van der Waals surface area contributed by atoms with E-state index in [4.69, 9.17) is 17.0 Å². The zero-order valence-electron chi connectivity index (χ0n) is 7.09. The summed E-state index contributed by atoms with van der Waals surface area (Å²) in [6, 6.07) is 0. The molecule has 0 aromatic rings. The van der Waals surface area contributed by atoms with Crippen LogP contribution < -0.4 is 5.32 Å². The molecule has 0 heterocycles. The molecule has 0 radical (unpaired) electrons. The maximum atomic E-state index is 5.04. The summed E-state index contributed by atoms with van der Waals surface area (Å²) in [5.74, 6) is 0.584. The molecule has 0 aromatic heterocycles. The van der Waals surface area contributed by atoms with Crippen molar-refractivity contribution in [1.82, 2.24) is 5.32 Å². The third-order valence-corrected chi connectivity index (χ3v) is 1.25. The van der Waals surface area contributed by atoms with E-state index in [0.29, 0.717) is 17.7 Å². The van der Waals surface area contributed by atoms with E-state index < -0.39 is 0 Å². The summed E-state index contributed by atoms with van der Waals surface area (Å²) in [7, 11) is 0. The van der Waals surface area contributed by atoms with E-state index in [0.717, 1.165) is 6.54 Å². The van der Waals surface area contributed by atoms with Gasteiger partial charge in [0.15, 0.2) is 0 Å². The van der Waals surface area contributed by atoms with E-state index in [9.17, 15) is 0 Å². The highest BCUT2D eigenvalue weighted by Crippen LogP contribution is 1.88. The van der Waals surface area contributed by atoms with Crippen molar-refractivity contribution in [1.29, 1.82) is 0 Å². The number of rotatable bonds is 4. The second-order valence-electron chi connectivity index (χ2n) is 2.66. The Labute approximate surface area is 73.6 Å². The Morgan fingerprint density at radius 3 is 2.82 bits per heavy atom. The lowest BCUT2D eigenvalue weighted by atomic mass is 10.2. The van der Waals surface area contributed by atoms with Gasteiger partial charge in [-0.05, 0) is 18.1 Å². The molecule has 1 N–H and O–H groups in total. The quantitative estimate of drug-likeness (QED) is 0.516. The minimum absolute atomic E-state index is 0.457. The summed E-state index contributed by atoms with van der Waals surface area (Å²) >= 11 is 4.86. The van der Waals surface area contributed by atoms with Gasteiger partial charge in [-0.25, -0.2) is 0 Å². The molecule has 0 amide bonds. The SMILES string of the molecule is C=CCOC(=S)NCC(C)C. The van der Waals surface area contributed by atoms with Crippen LogP contribution >= 0.6 is 12.2 Å². The van der Waals surface area contributed by atoms with Crippen LogP contribution in [0.1, 0.15) is 13.8 Å². The predicted molar refractivity (Wildman–Crippen MR) is 51.6 cm³/mol. The van der Waals surface area contributed by atoms with Gasteiger partial charge in [0.2, 0.25) is 0 Å². The number of ether oxygens (including phenoxy) is 1. The van der Waals surface area contributed by atoms with Gasteiger partial charge in [0.25, 0.3) is 5.17 Å². The molecule has 0 aliphatic heterocycles. The van der Waals surface area contributed by atoms with Crippen molar-refractivity contribution < 1.29 is 4.74 Å². The third kappa shape index (κ3) is 7.33. The van der Waals surface area contributed by atoms with Gasteiger partial charge in [-0.2, -0.15) is 0 Å². The Morgan fingerprint density at radius 1 is 1.73 bits per heavy atom. The van der Waals surface area contributed by atoms with E-state index in [2.05, 4.69) is 25.7 Å². The molecule has 3 heteroatoms. The molecule has 0 atom stereocenters. The van der Waals surface area contributed by atoms with E-state index in [1.165, 1.54) is 0 Å². The zero-order chi connectivity index (χ0) is 8.69. The second kappa shape index (κ2) is 6.16. The van der Waals surface area contributed by atoms with Crippen LogP contribution in [0.2, 0.25) is 0 Å². The first-order valence-electron chi connectivity index (χ1n) is 3.68. The van der Waals surface area contributed by atoms with Crippen molar-refractivity contribution in [3.63, 3.8) is 0 Å². The third-order valence-electron chi connectivity index (χ3n) is 0.987. The standard InChI is InChI=1S/C8H15NOS/c1-4-5-10-8(11)9-6-7(2)3/h4,7H,1,5-6H2,2-3H3,(H,9,11). The van der Waals surface area contributed by atoms with Crippen LogP contribution in [0, 0.1) is 5.92 Å². The molecule has 0 aromatic carbocycles. The van der Waals surface area contributed by atoms with Gasteiger partial charge >= 0.3 is 0 Å². The maximum absolute atomic E-state index is 5.04. The van der Waals surface area contributed by atoms with E-state index in [1.807, 2.05) is 0 Å². The van der Waals surface area contributed by atoms with Crippen LogP contribution in [-0.4, -0.2) is 18.3 Å². The summed E-state index contributed by atoms with van der Waals surface area (Å²) in [6.07, 6.45) is 1.67. The Bertz CT molecular complexity index is 134. The Kier molecular flexibility index (Phi) is 5.84. The van der Waals surface area contributed by atoms with Crippen molar-refractivity contribution in [2.75, 3.05) is 13.2 Å². The molecular weight excluding hydrogens is 158 g/mol. The molecule has 2 nitrogen and oxygen atoms in total. The minimum atomic E-state index is 0.457. The average Bonchev–Trinajstić information content (AvgIpc) is 1.97. The first-order chi connectivity index (χ1) is 5.16. The topological polar surface area (TPSA) is 21.3 Å². The molecule has 0 bridgehead atoms. The molecular formula is C8H15NOS. The van der Waals surface area contributed by atoms with Gasteiger partial charge in [-0.15, -0.1) is 0 Å². The molecule has 0 spiro atoms. The van der Waals surface area contributed by atoms with Gasteiger partial charge in [-0.1, -0.05) is 26.5 Å². The average molecular weight is 173 g/mol. The molecule has 0 fully saturated rings. The number of nitrogens with one attached hydrogen (secondary N) is 1. The summed E-state index contributed by atoms with van der Waals surface area (Å²) in [6.45, 7) is 9.08. The summed E-state index contributed by atoms with van der Waals surface area (Å²) in [4.78, 5) is 0. The molecule has 64 valence electrons. The first-order valence-corrected chi connectivity index (χ1v) is 4.09. The van der Waals surface area contributed by atoms with Crippen molar-refractivity contribution >= 4 is 17.4 Å². The van der Waals surface area contributed by atoms with Crippen LogP contribution in [0.5, 0.6) is 0 Å². The Hall–Kier alpha value is -0.570.